The summed E-state index contributed by atoms with van der Waals surface area (Å²) >= 11 is 0. The zero-order valence-corrected chi connectivity index (χ0v) is 18.4. The molecule has 3 rings (SSSR count). The van der Waals surface area contributed by atoms with Crippen LogP contribution in [0.4, 0.5) is 0 Å². The lowest BCUT2D eigenvalue weighted by atomic mass is 9.94. The maximum Gasteiger partial charge on any atom is 0.267 e. The first-order valence-electron chi connectivity index (χ1n) is 9.46. The van der Waals surface area contributed by atoms with Crippen molar-refractivity contribution in [2.75, 3.05) is 6.26 Å². The molecule has 0 aliphatic carbocycles. The van der Waals surface area contributed by atoms with Crippen molar-refractivity contribution in [3.63, 3.8) is 0 Å². The average molecular weight is 461 g/mol. The minimum absolute atomic E-state index is 0.0835. The van der Waals surface area contributed by atoms with Crippen LogP contribution in [0.2, 0.25) is 0 Å². The Morgan fingerprint density at radius 1 is 1.06 bits per heavy atom. The summed E-state index contributed by atoms with van der Waals surface area (Å²) in [5.41, 5.74) is 1.41. The van der Waals surface area contributed by atoms with Crippen LogP contribution in [0.1, 0.15) is 24.2 Å². The van der Waals surface area contributed by atoms with Gasteiger partial charge in [-0.25, -0.2) is 18.6 Å². The molecule has 0 fully saturated rings. The highest BCUT2D eigenvalue weighted by Gasteiger charge is 2.38. The van der Waals surface area contributed by atoms with Crippen LogP contribution >= 0.6 is 0 Å². The van der Waals surface area contributed by atoms with Gasteiger partial charge in [0.25, 0.3) is 11.8 Å². The lowest BCUT2D eigenvalue weighted by Crippen LogP contribution is -2.64. The minimum atomic E-state index is -3.71. The number of hydrogen-bond donors (Lipinski definition) is 5. The molecule has 0 saturated heterocycles. The van der Waals surface area contributed by atoms with Gasteiger partial charge in [-0.3, -0.25) is 14.8 Å². The molecule has 1 heterocycles. The monoisotopic (exact) mass is 461 g/mol. The van der Waals surface area contributed by atoms with Gasteiger partial charge in [0.05, 0.1) is 11.8 Å². The van der Waals surface area contributed by atoms with E-state index in [4.69, 9.17) is 9.62 Å². The zero-order valence-electron chi connectivity index (χ0n) is 17.5. The number of furan rings is 1. The number of carbonyl (C=O) groups is 2. The van der Waals surface area contributed by atoms with E-state index < -0.39 is 33.4 Å². The summed E-state index contributed by atoms with van der Waals surface area (Å²) in [5.74, 6) is -1.02. The number of hydroxylamine groups is 1. The van der Waals surface area contributed by atoms with Gasteiger partial charge in [-0.1, -0.05) is 12.1 Å². The molecule has 0 bridgehead atoms. The fourth-order valence-electron chi connectivity index (χ4n) is 3.34. The molecule has 0 aliphatic rings. The largest absolute Gasteiger partial charge is 0.508 e. The standard InChI is InChI=1S/C21H23N3O7S/c1-21(2,24-32(3,29)30)18(20(27)23-28)22-19(26)13-6-4-12(5-7-13)16-10-14-8-9-15(25)11-17(14)31-16/h4-11,18,24-25,28H,1-3H3,(H,22,26)(H,23,27)/t18-/m1/s1. The average Bonchev–Trinajstić information content (AvgIpc) is 3.12. The molecule has 2 amide bonds. The number of sulfonamides is 1. The topological polar surface area (TPSA) is 158 Å². The van der Waals surface area contributed by atoms with Crippen molar-refractivity contribution in [1.82, 2.24) is 15.5 Å². The quantitative estimate of drug-likeness (QED) is 0.265. The van der Waals surface area contributed by atoms with E-state index in [9.17, 15) is 23.1 Å². The Bertz CT molecular complexity index is 1260. The van der Waals surface area contributed by atoms with Crippen molar-refractivity contribution in [2.45, 2.75) is 25.4 Å². The first kappa shape index (κ1) is 23.3. The van der Waals surface area contributed by atoms with Crippen LogP contribution in [0.3, 0.4) is 0 Å². The van der Waals surface area contributed by atoms with E-state index in [1.54, 1.807) is 30.3 Å². The molecule has 2 aromatic carbocycles. The Morgan fingerprint density at radius 3 is 2.31 bits per heavy atom. The van der Waals surface area contributed by atoms with Crippen molar-refractivity contribution in [3.05, 3.63) is 54.1 Å². The lowest BCUT2D eigenvalue weighted by molar-refractivity contribution is -0.132. The van der Waals surface area contributed by atoms with Crippen molar-refractivity contribution in [2.24, 2.45) is 0 Å². The summed E-state index contributed by atoms with van der Waals surface area (Å²) < 4.78 is 31.3. The van der Waals surface area contributed by atoms with E-state index in [-0.39, 0.29) is 11.3 Å². The van der Waals surface area contributed by atoms with Crippen molar-refractivity contribution in [1.29, 1.82) is 0 Å². The van der Waals surface area contributed by atoms with Crippen molar-refractivity contribution in [3.8, 4) is 17.1 Å². The molecule has 170 valence electrons. The zero-order chi connectivity index (χ0) is 23.7. The highest BCUT2D eigenvalue weighted by Crippen LogP contribution is 2.30. The molecular weight excluding hydrogens is 438 g/mol. The number of aromatic hydroxyl groups is 1. The third-order valence-electron chi connectivity index (χ3n) is 4.75. The van der Waals surface area contributed by atoms with E-state index in [1.807, 2.05) is 0 Å². The molecule has 0 aliphatic heterocycles. The maximum atomic E-state index is 12.7. The van der Waals surface area contributed by atoms with E-state index in [0.29, 0.717) is 16.9 Å². The molecule has 0 saturated carbocycles. The second-order valence-electron chi connectivity index (χ2n) is 7.89. The normalized spacial score (nSPS) is 13.0. The molecule has 11 heteroatoms. The van der Waals surface area contributed by atoms with Gasteiger partial charge in [-0.05, 0) is 44.2 Å². The number of carbonyl (C=O) groups excluding carboxylic acids is 2. The van der Waals surface area contributed by atoms with Crippen LogP contribution in [0.5, 0.6) is 5.75 Å². The SMILES string of the molecule is CC(C)(NS(C)(=O)=O)[C@H](NC(=O)c1ccc(-c2cc3ccc(O)cc3o2)cc1)C(=O)NO. The van der Waals surface area contributed by atoms with Crippen molar-refractivity contribution >= 4 is 32.8 Å². The smallest absolute Gasteiger partial charge is 0.267 e. The Kier molecular flexibility index (Phi) is 6.26. The summed E-state index contributed by atoms with van der Waals surface area (Å²) in [6.07, 6.45) is 0.919. The molecule has 32 heavy (non-hydrogen) atoms. The van der Waals surface area contributed by atoms with Gasteiger partial charge in [-0.15, -0.1) is 0 Å². The summed E-state index contributed by atoms with van der Waals surface area (Å²) in [6, 6.07) is 11.5. The molecule has 0 unspecified atom stereocenters. The number of amides is 2. The number of benzene rings is 2. The third-order valence-corrected chi connectivity index (χ3v) is 5.65. The number of rotatable bonds is 7. The molecule has 0 radical (unpaired) electrons. The molecule has 5 N–H and O–H groups in total. The van der Waals surface area contributed by atoms with Crippen LogP contribution in [0.15, 0.2) is 52.9 Å². The lowest BCUT2D eigenvalue weighted by Gasteiger charge is -2.33. The van der Waals surface area contributed by atoms with Crippen LogP contribution in [0.25, 0.3) is 22.3 Å². The first-order valence-corrected chi connectivity index (χ1v) is 11.4. The molecule has 1 atom stereocenters. The summed E-state index contributed by atoms with van der Waals surface area (Å²) in [4.78, 5) is 24.8. The molecule has 0 spiro atoms. The highest BCUT2D eigenvalue weighted by molar-refractivity contribution is 7.88. The molecule has 3 aromatic rings. The van der Waals surface area contributed by atoms with Gasteiger partial charge in [0.15, 0.2) is 0 Å². The summed E-state index contributed by atoms with van der Waals surface area (Å²) in [7, 11) is -3.71. The van der Waals surface area contributed by atoms with E-state index in [1.165, 1.54) is 37.5 Å². The van der Waals surface area contributed by atoms with Gasteiger partial charge >= 0.3 is 0 Å². The van der Waals surface area contributed by atoms with E-state index >= 15 is 0 Å². The predicted octanol–water partition coefficient (Wildman–Crippen LogP) is 1.74. The Balaban J connectivity index is 1.82. The van der Waals surface area contributed by atoms with Gasteiger partial charge in [-0.2, -0.15) is 0 Å². The fraction of sp³-hybridized carbons (Fsp3) is 0.238. The van der Waals surface area contributed by atoms with E-state index in [0.717, 1.165) is 11.6 Å². The maximum absolute atomic E-state index is 12.7. The highest BCUT2D eigenvalue weighted by atomic mass is 32.2. The van der Waals surface area contributed by atoms with E-state index in [2.05, 4.69) is 10.0 Å². The minimum Gasteiger partial charge on any atom is -0.508 e. The number of phenols is 1. The van der Waals surface area contributed by atoms with Crippen LogP contribution in [0, 0.1) is 0 Å². The van der Waals surface area contributed by atoms with Crippen molar-refractivity contribution < 1.29 is 32.7 Å². The van der Waals surface area contributed by atoms with Crippen LogP contribution in [-0.4, -0.2) is 48.4 Å². The molecular formula is C21H23N3O7S. The summed E-state index contributed by atoms with van der Waals surface area (Å²) in [6.45, 7) is 2.80. The Morgan fingerprint density at radius 2 is 1.72 bits per heavy atom. The Labute approximate surface area is 184 Å². The second-order valence-corrected chi connectivity index (χ2v) is 9.64. The van der Waals surface area contributed by atoms with Gasteiger partial charge in [0, 0.05) is 22.6 Å². The fourth-order valence-corrected chi connectivity index (χ4v) is 4.41. The molecule has 1 aromatic heterocycles. The van der Waals surface area contributed by atoms with Gasteiger partial charge in [0.2, 0.25) is 10.0 Å². The van der Waals surface area contributed by atoms with Crippen LogP contribution in [-0.2, 0) is 14.8 Å². The summed E-state index contributed by atoms with van der Waals surface area (Å²) in [5, 5.41) is 21.9. The number of hydrogen-bond acceptors (Lipinski definition) is 7. The number of phenolic OH excluding ortho intramolecular Hbond substituents is 1. The van der Waals surface area contributed by atoms with Gasteiger partial charge < -0.3 is 14.8 Å². The van der Waals surface area contributed by atoms with Gasteiger partial charge in [0.1, 0.15) is 23.1 Å². The predicted molar refractivity (Wildman–Crippen MR) is 117 cm³/mol. The molecule has 10 nitrogen and oxygen atoms in total. The Hall–Kier alpha value is -3.41. The number of nitrogens with one attached hydrogen (secondary N) is 3. The first-order chi connectivity index (χ1) is 14.9. The number of fused-ring (bicyclic) bond motifs is 1. The third kappa shape index (κ3) is 5.25. The van der Waals surface area contributed by atoms with Crippen LogP contribution < -0.4 is 15.5 Å². The second kappa shape index (κ2) is 8.61.